The minimum atomic E-state index is -4.58. The SMILES string of the molecule is O=C(N[C@H]1CCC[C@H](C(F)(F)F)C1)N1CCN(S(=O)(=O)c2ccc(C(F)(F)F)cc2)CC1. The van der Waals surface area contributed by atoms with E-state index in [1.54, 1.807) is 0 Å². The molecule has 2 fully saturated rings. The van der Waals surface area contributed by atoms with Crippen molar-refractivity contribution < 1.29 is 39.6 Å². The van der Waals surface area contributed by atoms with Gasteiger partial charge in [0.1, 0.15) is 0 Å². The average molecular weight is 487 g/mol. The Kier molecular flexibility index (Phi) is 6.99. The van der Waals surface area contributed by atoms with E-state index >= 15 is 0 Å². The normalized spacial score (nSPS) is 23.8. The molecular weight excluding hydrogens is 464 g/mol. The molecule has 0 bridgehead atoms. The summed E-state index contributed by atoms with van der Waals surface area (Å²) in [6, 6.07) is 2.00. The van der Waals surface area contributed by atoms with Gasteiger partial charge in [0.25, 0.3) is 0 Å². The maximum Gasteiger partial charge on any atom is 0.416 e. The molecule has 1 saturated carbocycles. The summed E-state index contributed by atoms with van der Waals surface area (Å²) < 4.78 is 103. The molecule has 32 heavy (non-hydrogen) atoms. The van der Waals surface area contributed by atoms with E-state index in [0.717, 1.165) is 16.4 Å². The molecule has 0 aromatic heterocycles. The highest BCUT2D eigenvalue weighted by Gasteiger charge is 2.42. The fourth-order valence-corrected chi connectivity index (χ4v) is 5.40. The van der Waals surface area contributed by atoms with Crippen LogP contribution < -0.4 is 5.32 Å². The molecule has 1 aliphatic carbocycles. The first-order chi connectivity index (χ1) is 14.8. The zero-order valence-electron chi connectivity index (χ0n) is 16.9. The Hall–Kier alpha value is -2.02. The molecule has 3 rings (SSSR count). The van der Waals surface area contributed by atoms with Gasteiger partial charge >= 0.3 is 18.4 Å². The third kappa shape index (κ3) is 5.66. The highest BCUT2D eigenvalue weighted by atomic mass is 32.2. The Morgan fingerprint density at radius 2 is 1.53 bits per heavy atom. The largest absolute Gasteiger partial charge is 0.416 e. The maximum absolute atomic E-state index is 12.9. The molecule has 13 heteroatoms. The summed E-state index contributed by atoms with van der Waals surface area (Å²) in [5.41, 5.74) is -0.964. The summed E-state index contributed by atoms with van der Waals surface area (Å²) >= 11 is 0. The first kappa shape index (κ1) is 24.6. The van der Waals surface area contributed by atoms with Crippen LogP contribution in [0.1, 0.15) is 31.2 Å². The standard InChI is InChI=1S/C19H23F6N3O3S/c20-18(21,22)13-4-6-16(7-5-13)32(30,31)28-10-8-27(9-11-28)17(29)26-15-3-1-2-14(12-15)19(23,24)25/h4-7,14-15H,1-3,8-12H2,(H,26,29)/t14-,15-/m0/s1. The molecular formula is C19H23F6N3O3S. The van der Waals surface area contributed by atoms with Crippen molar-refractivity contribution in [2.24, 2.45) is 5.92 Å². The number of hydrogen-bond acceptors (Lipinski definition) is 3. The number of nitrogens with one attached hydrogen (secondary N) is 1. The number of halogens is 6. The van der Waals surface area contributed by atoms with E-state index in [0.29, 0.717) is 25.0 Å². The summed E-state index contributed by atoms with van der Waals surface area (Å²) in [5.74, 6) is -1.45. The van der Waals surface area contributed by atoms with Crippen molar-refractivity contribution in [2.75, 3.05) is 26.2 Å². The third-order valence-corrected chi connectivity index (χ3v) is 7.72. The number of alkyl halides is 6. The van der Waals surface area contributed by atoms with Gasteiger partial charge in [-0.15, -0.1) is 0 Å². The van der Waals surface area contributed by atoms with E-state index in [1.165, 1.54) is 4.90 Å². The quantitative estimate of drug-likeness (QED) is 0.659. The van der Waals surface area contributed by atoms with Crippen LogP contribution in [0.4, 0.5) is 31.1 Å². The van der Waals surface area contributed by atoms with E-state index in [4.69, 9.17) is 0 Å². The fourth-order valence-electron chi connectivity index (χ4n) is 3.98. The first-order valence-electron chi connectivity index (χ1n) is 10.1. The second-order valence-corrected chi connectivity index (χ2v) is 9.90. The number of hydrogen-bond donors (Lipinski definition) is 1. The third-order valence-electron chi connectivity index (χ3n) is 5.81. The molecule has 6 nitrogen and oxygen atoms in total. The number of benzene rings is 1. The van der Waals surface area contributed by atoms with Crippen molar-refractivity contribution in [2.45, 2.75) is 49.0 Å². The average Bonchev–Trinajstić information content (AvgIpc) is 2.73. The molecule has 1 N–H and O–H groups in total. The smallest absolute Gasteiger partial charge is 0.335 e. The highest BCUT2D eigenvalue weighted by Crippen LogP contribution is 2.37. The van der Waals surface area contributed by atoms with Crippen LogP contribution in [-0.4, -0.2) is 62.1 Å². The van der Waals surface area contributed by atoms with Gasteiger partial charge in [0.2, 0.25) is 10.0 Å². The molecule has 0 unspecified atom stereocenters. The van der Waals surface area contributed by atoms with Crippen molar-refractivity contribution >= 4 is 16.1 Å². The van der Waals surface area contributed by atoms with Crippen LogP contribution in [0.5, 0.6) is 0 Å². The lowest BCUT2D eigenvalue weighted by Gasteiger charge is -2.36. The minimum Gasteiger partial charge on any atom is -0.335 e. The lowest BCUT2D eigenvalue weighted by molar-refractivity contribution is -0.183. The van der Waals surface area contributed by atoms with Crippen LogP contribution in [0.25, 0.3) is 0 Å². The molecule has 2 aliphatic rings. The number of nitrogens with zero attached hydrogens (tertiary/aromatic N) is 2. The maximum atomic E-state index is 12.9. The monoisotopic (exact) mass is 487 g/mol. The number of carbonyl (C=O) groups is 1. The number of carbonyl (C=O) groups excluding carboxylic acids is 1. The molecule has 0 radical (unpaired) electrons. The summed E-state index contributed by atoms with van der Waals surface area (Å²) in [5, 5.41) is 2.61. The first-order valence-corrected chi connectivity index (χ1v) is 11.5. The molecule has 2 amide bonds. The van der Waals surface area contributed by atoms with E-state index in [1.807, 2.05) is 0 Å². The van der Waals surface area contributed by atoms with Crippen LogP contribution in [0, 0.1) is 5.92 Å². The predicted molar refractivity (Wildman–Crippen MR) is 102 cm³/mol. The Bertz CT molecular complexity index is 910. The molecule has 1 aliphatic heterocycles. The molecule has 1 heterocycles. The van der Waals surface area contributed by atoms with Crippen LogP contribution in [-0.2, 0) is 16.2 Å². The van der Waals surface area contributed by atoms with E-state index in [-0.39, 0.29) is 43.9 Å². The molecule has 0 spiro atoms. The Morgan fingerprint density at radius 1 is 0.938 bits per heavy atom. The number of piperazine rings is 1. The van der Waals surface area contributed by atoms with E-state index < -0.39 is 45.9 Å². The topological polar surface area (TPSA) is 69.7 Å². The zero-order valence-corrected chi connectivity index (χ0v) is 17.7. The van der Waals surface area contributed by atoms with Gasteiger partial charge in [-0.25, -0.2) is 13.2 Å². The van der Waals surface area contributed by atoms with Gasteiger partial charge in [0.15, 0.2) is 0 Å². The van der Waals surface area contributed by atoms with Crippen LogP contribution >= 0.6 is 0 Å². The number of urea groups is 1. The predicted octanol–water partition coefficient (Wildman–Crippen LogP) is 3.84. The highest BCUT2D eigenvalue weighted by molar-refractivity contribution is 7.89. The number of sulfonamides is 1. The van der Waals surface area contributed by atoms with Gasteiger partial charge in [-0.2, -0.15) is 30.6 Å². The second kappa shape index (κ2) is 9.08. The fraction of sp³-hybridized carbons (Fsp3) is 0.632. The van der Waals surface area contributed by atoms with Gasteiger partial charge in [0.05, 0.1) is 16.4 Å². The molecule has 2 atom stereocenters. The van der Waals surface area contributed by atoms with E-state index in [9.17, 15) is 39.6 Å². The lowest BCUT2D eigenvalue weighted by Crippen LogP contribution is -2.55. The molecule has 1 aromatic rings. The summed E-state index contributed by atoms with van der Waals surface area (Å²) in [7, 11) is -4.04. The van der Waals surface area contributed by atoms with E-state index in [2.05, 4.69) is 5.32 Å². The van der Waals surface area contributed by atoms with Crippen molar-refractivity contribution in [3.05, 3.63) is 29.8 Å². The minimum absolute atomic E-state index is 0.0150. The number of amides is 2. The van der Waals surface area contributed by atoms with Crippen LogP contribution in [0.15, 0.2) is 29.2 Å². The summed E-state index contributed by atoms with van der Waals surface area (Å²) in [4.78, 5) is 13.5. The van der Waals surface area contributed by atoms with Gasteiger partial charge in [-0.05, 0) is 43.5 Å². The van der Waals surface area contributed by atoms with Crippen LogP contribution in [0.2, 0.25) is 0 Å². The van der Waals surface area contributed by atoms with Crippen molar-refractivity contribution in [1.29, 1.82) is 0 Å². The summed E-state index contributed by atoms with van der Waals surface area (Å²) in [6.45, 7) is -0.124. The number of rotatable bonds is 3. The van der Waals surface area contributed by atoms with Gasteiger partial charge in [0, 0.05) is 32.2 Å². The Morgan fingerprint density at radius 3 is 2.06 bits per heavy atom. The zero-order chi connectivity index (χ0) is 23.7. The van der Waals surface area contributed by atoms with Gasteiger partial charge in [-0.3, -0.25) is 0 Å². The second-order valence-electron chi connectivity index (χ2n) is 7.96. The Labute approximate surface area is 181 Å². The molecule has 1 saturated heterocycles. The Balaban J connectivity index is 1.55. The molecule has 180 valence electrons. The van der Waals surface area contributed by atoms with Crippen molar-refractivity contribution in [1.82, 2.24) is 14.5 Å². The lowest BCUT2D eigenvalue weighted by atomic mass is 9.85. The molecule has 1 aromatic carbocycles. The van der Waals surface area contributed by atoms with Crippen molar-refractivity contribution in [3.8, 4) is 0 Å². The summed E-state index contributed by atoms with van der Waals surface area (Å²) in [6.07, 6.45) is -8.23. The van der Waals surface area contributed by atoms with Gasteiger partial charge in [-0.1, -0.05) is 6.42 Å². The van der Waals surface area contributed by atoms with Gasteiger partial charge < -0.3 is 10.2 Å². The van der Waals surface area contributed by atoms with Crippen LogP contribution in [0.3, 0.4) is 0 Å². The van der Waals surface area contributed by atoms with Crippen molar-refractivity contribution in [3.63, 3.8) is 0 Å².